The largest absolute Gasteiger partial charge is 0.269 e. The molecule has 0 aliphatic carbocycles. The Labute approximate surface area is 79.7 Å². The van der Waals surface area contributed by atoms with Crippen LogP contribution in [0.2, 0.25) is 0 Å². The van der Waals surface area contributed by atoms with Crippen LogP contribution in [-0.2, 0) is 5.11 Å². The summed E-state index contributed by atoms with van der Waals surface area (Å²) in [5.41, 5.74) is 0.0754. The van der Waals surface area contributed by atoms with Crippen LogP contribution in [0.4, 0.5) is 5.69 Å². The molecule has 0 amide bonds. The van der Waals surface area contributed by atoms with E-state index in [1.807, 2.05) is 0 Å². The summed E-state index contributed by atoms with van der Waals surface area (Å²) in [4.78, 5) is 10.7. The topological polar surface area (TPSA) is 63.0 Å². The molecular weight excluding hydrogens is 190 g/mol. The second-order valence-corrected chi connectivity index (χ2v) is 3.47. The fourth-order valence-corrected chi connectivity index (χ4v) is 1.47. The number of nitrogens with zero attached hydrogens (tertiary/aromatic N) is 1. The lowest BCUT2D eigenvalue weighted by atomic mass is 10.3. The van der Waals surface area contributed by atoms with Gasteiger partial charge in [0, 0.05) is 22.8 Å². The molecule has 4 nitrogen and oxygen atoms in total. The van der Waals surface area contributed by atoms with Crippen molar-refractivity contribution in [3.63, 3.8) is 0 Å². The van der Waals surface area contributed by atoms with Crippen LogP contribution in [0.25, 0.3) is 0 Å². The Bertz CT molecular complexity index is 286. The predicted octanol–water partition coefficient (Wildman–Crippen LogP) is 2.12. The van der Waals surface area contributed by atoms with Gasteiger partial charge < -0.3 is 0 Å². The fraction of sp³-hybridized carbons (Fsp3) is 0.250. The zero-order chi connectivity index (χ0) is 9.68. The highest BCUT2D eigenvalue weighted by Gasteiger charge is 2.03. The smallest absolute Gasteiger partial charge is 0.258 e. The van der Waals surface area contributed by atoms with E-state index in [2.05, 4.69) is 0 Å². The summed E-state index contributed by atoms with van der Waals surface area (Å²) in [5, 5.41) is 20.4. The van der Waals surface area contributed by atoms with Crippen molar-refractivity contribution >= 4 is 17.4 Å². The minimum Gasteiger partial charge on any atom is -0.258 e. The normalized spacial score (nSPS) is 9.92. The van der Waals surface area contributed by atoms with Crippen molar-refractivity contribution in [2.75, 3.05) is 12.4 Å². The van der Waals surface area contributed by atoms with E-state index in [1.54, 1.807) is 12.1 Å². The number of nitro benzene ring substituents is 1. The number of non-ortho nitro benzene ring substituents is 1. The molecule has 0 aromatic heterocycles. The Kier molecular flexibility index (Phi) is 3.72. The first-order valence-electron chi connectivity index (χ1n) is 3.69. The number of benzene rings is 1. The first kappa shape index (κ1) is 10.0. The summed E-state index contributed by atoms with van der Waals surface area (Å²) in [7, 11) is 0. The van der Waals surface area contributed by atoms with Gasteiger partial charge in [0.25, 0.3) is 5.69 Å². The molecule has 0 atom stereocenters. The molecule has 69 valence electrons. The lowest BCUT2D eigenvalue weighted by Crippen LogP contribution is -1.87. The number of hydrogen-bond donors (Lipinski definition) is 0. The van der Waals surface area contributed by atoms with Gasteiger partial charge in [0.05, 0.1) is 11.5 Å². The summed E-state index contributed by atoms with van der Waals surface area (Å²) in [6.07, 6.45) is 0. The summed E-state index contributed by atoms with van der Waals surface area (Å²) in [6, 6.07) is 6.18. The molecule has 0 fully saturated rings. The van der Waals surface area contributed by atoms with E-state index < -0.39 is 4.92 Å². The predicted molar refractivity (Wildman–Crippen MR) is 49.4 cm³/mol. The highest BCUT2D eigenvalue weighted by Crippen LogP contribution is 2.20. The van der Waals surface area contributed by atoms with E-state index in [0.29, 0.717) is 5.75 Å². The summed E-state index contributed by atoms with van der Waals surface area (Å²) < 4.78 is 0. The average Bonchev–Trinajstić information content (AvgIpc) is 2.15. The quantitative estimate of drug-likeness (QED) is 0.423. The monoisotopic (exact) mass is 198 g/mol. The van der Waals surface area contributed by atoms with Crippen molar-refractivity contribution in [2.45, 2.75) is 4.90 Å². The highest BCUT2D eigenvalue weighted by molar-refractivity contribution is 7.99. The van der Waals surface area contributed by atoms with Crippen LogP contribution in [-0.4, -0.2) is 17.3 Å². The average molecular weight is 198 g/mol. The lowest BCUT2D eigenvalue weighted by molar-refractivity contribution is -0.384. The molecule has 0 saturated heterocycles. The molecule has 0 heterocycles. The van der Waals surface area contributed by atoms with Crippen molar-refractivity contribution < 1.29 is 10.0 Å². The van der Waals surface area contributed by atoms with Crippen LogP contribution < -0.4 is 0 Å². The Hall–Kier alpha value is -1.07. The standard InChI is InChI=1S/C8H8NO3S/c10-5-6-13-8-3-1-7(2-4-8)9(11)12/h1-4H,5-6H2. The molecule has 0 aliphatic heterocycles. The van der Waals surface area contributed by atoms with Gasteiger partial charge in [-0.1, -0.05) is 0 Å². The molecule has 0 saturated carbocycles. The van der Waals surface area contributed by atoms with Gasteiger partial charge in [0.15, 0.2) is 0 Å². The molecular formula is C8H8NO3S. The molecule has 5 heteroatoms. The molecule has 0 unspecified atom stereocenters. The zero-order valence-electron chi connectivity index (χ0n) is 6.80. The fourth-order valence-electron chi connectivity index (χ4n) is 0.824. The minimum absolute atomic E-state index is 0.0754. The van der Waals surface area contributed by atoms with Crippen LogP contribution >= 0.6 is 11.8 Å². The van der Waals surface area contributed by atoms with Gasteiger partial charge in [0.1, 0.15) is 0 Å². The molecule has 0 spiro atoms. The molecule has 0 aliphatic rings. The first-order chi connectivity index (χ1) is 6.24. The summed E-state index contributed by atoms with van der Waals surface area (Å²) in [6.45, 7) is -0.137. The van der Waals surface area contributed by atoms with E-state index >= 15 is 0 Å². The number of hydrogen-bond acceptors (Lipinski definition) is 3. The minimum atomic E-state index is -0.442. The Balaban J connectivity index is 2.64. The first-order valence-corrected chi connectivity index (χ1v) is 4.68. The number of rotatable bonds is 4. The van der Waals surface area contributed by atoms with Gasteiger partial charge in [-0.3, -0.25) is 10.1 Å². The zero-order valence-corrected chi connectivity index (χ0v) is 7.62. The van der Waals surface area contributed by atoms with E-state index in [1.165, 1.54) is 23.9 Å². The Morgan fingerprint density at radius 3 is 2.38 bits per heavy atom. The van der Waals surface area contributed by atoms with Crippen molar-refractivity contribution in [1.82, 2.24) is 0 Å². The molecule has 13 heavy (non-hydrogen) atoms. The lowest BCUT2D eigenvalue weighted by Gasteiger charge is -1.97. The molecule has 1 radical (unpaired) electrons. The van der Waals surface area contributed by atoms with Crippen molar-refractivity contribution in [2.24, 2.45) is 0 Å². The Morgan fingerprint density at radius 1 is 1.31 bits per heavy atom. The van der Waals surface area contributed by atoms with Gasteiger partial charge >= 0.3 is 0 Å². The Morgan fingerprint density at radius 2 is 1.92 bits per heavy atom. The van der Waals surface area contributed by atoms with Gasteiger partial charge in [-0.05, 0) is 12.1 Å². The number of nitro groups is 1. The third-order valence-electron chi connectivity index (χ3n) is 1.40. The molecule has 1 aromatic rings. The SMILES string of the molecule is [O]CCSc1ccc([N+](=O)[O-])cc1. The van der Waals surface area contributed by atoms with E-state index in [-0.39, 0.29) is 12.3 Å². The van der Waals surface area contributed by atoms with E-state index in [0.717, 1.165) is 4.90 Å². The molecule has 1 aromatic carbocycles. The van der Waals surface area contributed by atoms with Crippen molar-refractivity contribution in [3.8, 4) is 0 Å². The molecule has 0 bridgehead atoms. The van der Waals surface area contributed by atoms with Gasteiger partial charge in [0.2, 0.25) is 0 Å². The third kappa shape index (κ3) is 3.04. The number of thioether (sulfide) groups is 1. The van der Waals surface area contributed by atoms with Crippen molar-refractivity contribution in [3.05, 3.63) is 34.4 Å². The van der Waals surface area contributed by atoms with Crippen LogP contribution in [0.5, 0.6) is 0 Å². The maximum absolute atomic E-state index is 10.3. The van der Waals surface area contributed by atoms with E-state index in [9.17, 15) is 15.2 Å². The maximum atomic E-state index is 10.3. The summed E-state index contributed by atoms with van der Waals surface area (Å²) in [5.74, 6) is 0.498. The van der Waals surface area contributed by atoms with Crippen LogP contribution in [0, 0.1) is 10.1 Å². The highest BCUT2D eigenvalue weighted by atomic mass is 32.2. The van der Waals surface area contributed by atoms with Crippen molar-refractivity contribution in [1.29, 1.82) is 0 Å². The van der Waals surface area contributed by atoms with Gasteiger partial charge in [-0.25, -0.2) is 5.11 Å². The summed E-state index contributed by atoms with van der Waals surface area (Å²) >= 11 is 1.41. The van der Waals surface area contributed by atoms with Gasteiger partial charge in [-0.15, -0.1) is 11.8 Å². The molecule has 1 rings (SSSR count). The third-order valence-corrected chi connectivity index (χ3v) is 2.38. The van der Waals surface area contributed by atoms with Crippen LogP contribution in [0.3, 0.4) is 0 Å². The van der Waals surface area contributed by atoms with E-state index in [4.69, 9.17) is 0 Å². The van der Waals surface area contributed by atoms with Gasteiger partial charge in [-0.2, -0.15) is 0 Å². The second-order valence-electron chi connectivity index (χ2n) is 2.30. The van der Waals surface area contributed by atoms with Crippen LogP contribution in [0.15, 0.2) is 29.2 Å². The maximum Gasteiger partial charge on any atom is 0.269 e. The molecule has 0 N–H and O–H groups in total. The second kappa shape index (κ2) is 4.84. The van der Waals surface area contributed by atoms with Crippen LogP contribution in [0.1, 0.15) is 0 Å².